The summed E-state index contributed by atoms with van der Waals surface area (Å²) in [6.07, 6.45) is 2.42. The summed E-state index contributed by atoms with van der Waals surface area (Å²) in [5.41, 5.74) is 5.58. The molecule has 1 fully saturated rings. The number of nitrogens with two attached hydrogens (primary N) is 1. The predicted octanol–water partition coefficient (Wildman–Crippen LogP) is 1.42. The van der Waals surface area contributed by atoms with Crippen molar-refractivity contribution in [1.82, 2.24) is 9.62 Å². The van der Waals surface area contributed by atoms with Crippen LogP contribution in [0.15, 0.2) is 23.1 Å². The van der Waals surface area contributed by atoms with Gasteiger partial charge in [0, 0.05) is 18.8 Å². The molecule has 3 N–H and O–H groups in total. The maximum Gasteiger partial charge on any atom is 0.240 e. The second-order valence-electron chi connectivity index (χ2n) is 5.69. The van der Waals surface area contributed by atoms with Crippen molar-refractivity contribution in [3.05, 3.63) is 24.0 Å². The molecule has 118 valence electrons. The van der Waals surface area contributed by atoms with Crippen molar-refractivity contribution in [1.29, 1.82) is 0 Å². The average molecular weight is 315 g/mol. The lowest BCUT2D eigenvalue weighted by Crippen LogP contribution is -2.34. The van der Waals surface area contributed by atoms with Gasteiger partial charge in [-0.3, -0.25) is 0 Å². The van der Waals surface area contributed by atoms with E-state index in [1.54, 1.807) is 0 Å². The summed E-state index contributed by atoms with van der Waals surface area (Å²) in [7, 11) is -3.72. The Kier molecular flexibility index (Phi) is 5.18. The summed E-state index contributed by atoms with van der Waals surface area (Å²) in [5.74, 6) is -0.454. The van der Waals surface area contributed by atoms with Gasteiger partial charge in [-0.1, -0.05) is 6.92 Å². The van der Waals surface area contributed by atoms with Crippen molar-refractivity contribution in [3.8, 4) is 0 Å². The van der Waals surface area contributed by atoms with E-state index < -0.39 is 15.8 Å². The Bertz CT molecular complexity index is 566. The molecule has 1 aliphatic rings. The van der Waals surface area contributed by atoms with Crippen LogP contribution >= 0.6 is 0 Å². The Balaban J connectivity index is 1.94. The molecule has 5 nitrogen and oxygen atoms in total. The standard InChI is InChI=1S/C14H22FN3O2S/c1-11(10-18-4-2-3-5-18)9-17-21(19,20)14-7-12(15)6-13(16)8-14/h6-8,11,17H,2-5,9-10,16H2,1H3. The van der Waals surface area contributed by atoms with Crippen LogP contribution in [0.3, 0.4) is 0 Å². The number of hydrogen-bond donors (Lipinski definition) is 2. The van der Waals surface area contributed by atoms with Crippen LogP contribution in [-0.4, -0.2) is 39.5 Å². The smallest absolute Gasteiger partial charge is 0.240 e. The molecule has 0 bridgehead atoms. The number of sulfonamides is 1. The fraction of sp³-hybridized carbons (Fsp3) is 0.571. The molecule has 1 aromatic rings. The van der Waals surface area contributed by atoms with Crippen LogP contribution in [0.25, 0.3) is 0 Å². The first-order valence-corrected chi connectivity index (χ1v) is 8.63. The van der Waals surface area contributed by atoms with Gasteiger partial charge < -0.3 is 10.6 Å². The van der Waals surface area contributed by atoms with Gasteiger partial charge in [0.05, 0.1) is 4.90 Å². The first kappa shape index (κ1) is 16.2. The lowest BCUT2D eigenvalue weighted by Gasteiger charge is -2.20. The van der Waals surface area contributed by atoms with Crippen molar-refractivity contribution < 1.29 is 12.8 Å². The van der Waals surface area contributed by atoms with Crippen LogP contribution in [0, 0.1) is 11.7 Å². The van der Waals surface area contributed by atoms with E-state index in [-0.39, 0.29) is 16.5 Å². The molecular weight excluding hydrogens is 293 g/mol. The molecule has 1 aliphatic heterocycles. The molecule has 2 rings (SSSR count). The van der Waals surface area contributed by atoms with E-state index >= 15 is 0 Å². The van der Waals surface area contributed by atoms with E-state index in [9.17, 15) is 12.8 Å². The van der Waals surface area contributed by atoms with Gasteiger partial charge >= 0.3 is 0 Å². The molecule has 0 spiro atoms. The first-order chi connectivity index (χ1) is 9.87. The molecule has 0 saturated carbocycles. The van der Waals surface area contributed by atoms with E-state index in [1.807, 2.05) is 6.92 Å². The van der Waals surface area contributed by atoms with Gasteiger partial charge in [-0.2, -0.15) is 0 Å². The second kappa shape index (κ2) is 6.72. The Morgan fingerprint density at radius 3 is 2.62 bits per heavy atom. The highest BCUT2D eigenvalue weighted by molar-refractivity contribution is 7.89. The summed E-state index contributed by atoms with van der Waals surface area (Å²) in [4.78, 5) is 2.20. The van der Waals surface area contributed by atoms with Gasteiger partial charge in [0.1, 0.15) is 5.82 Å². The zero-order valence-corrected chi connectivity index (χ0v) is 13.0. The van der Waals surface area contributed by atoms with E-state index in [2.05, 4.69) is 9.62 Å². The van der Waals surface area contributed by atoms with Gasteiger partial charge in [0.2, 0.25) is 10.0 Å². The number of nitrogens with one attached hydrogen (secondary N) is 1. The molecule has 1 atom stereocenters. The average Bonchev–Trinajstić information content (AvgIpc) is 2.88. The van der Waals surface area contributed by atoms with Gasteiger partial charge in [0.25, 0.3) is 0 Å². The van der Waals surface area contributed by atoms with Crippen LogP contribution in [0.1, 0.15) is 19.8 Å². The second-order valence-corrected chi connectivity index (χ2v) is 7.45. The topological polar surface area (TPSA) is 75.4 Å². The monoisotopic (exact) mass is 315 g/mol. The summed E-state index contributed by atoms with van der Waals surface area (Å²) in [5, 5.41) is 0. The number of anilines is 1. The molecule has 0 amide bonds. The third-order valence-electron chi connectivity index (χ3n) is 3.59. The van der Waals surface area contributed by atoms with Gasteiger partial charge in [0.15, 0.2) is 0 Å². The molecular formula is C14H22FN3O2S. The number of benzene rings is 1. The Morgan fingerprint density at radius 2 is 2.00 bits per heavy atom. The molecule has 0 aromatic heterocycles. The maximum atomic E-state index is 13.2. The molecule has 1 heterocycles. The fourth-order valence-electron chi connectivity index (χ4n) is 2.55. The quantitative estimate of drug-likeness (QED) is 0.779. The highest BCUT2D eigenvalue weighted by Crippen LogP contribution is 2.16. The van der Waals surface area contributed by atoms with Crippen molar-refractivity contribution in [2.24, 2.45) is 5.92 Å². The molecule has 21 heavy (non-hydrogen) atoms. The number of nitrogen functional groups attached to an aromatic ring is 1. The Morgan fingerprint density at radius 1 is 1.33 bits per heavy atom. The minimum Gasteiger partial charge on any atom is -0.399 e. The molecule has 0 aliphatic carbocycles. The van der Waals surface area contributed by atoms with Crippen molar-refractivity contribution in [2.45, 2.75) is 24.7 Å². The minimum atomic E-state index is -3.72. The third-order valence-corrected chi connectivity index (χ3v) is 5.00. The van der Waals surface area contributed by atoms with Crippen LogP contribution in [0.2, 0.25) is 0 Å². The van der Waals surface area contributed by atoms with Crippen LogP contribution in [-0.2, 0) is 10.0 Å². The van der Waals surface area contributed by atoms with Crippen LogP contribution in [0.5, 0.6) is 0 Å². The number of rotatable bonds is 6. The van der Waals surface area contributed by atoms with E-state index in [0.29, 0.717) is 6.54 Å². The highest BCUT2D eigenvalue weighted by Gasteiger charge is 2.19. The zero-order chi connectivity index (χ0) is 15.5. The van der Waals surface area contributed by atoms with Crippen LogP contribution in [0.4, 0.5) is 10.1 Å². The highest BCUT2D eigenvalue weighted by atomic mass is 32.2. The number of likely N-dealkylation sites (tertiary alicyclic amines) is 1. The minimum absolute atomic E-state index is 0.0977. The molecule has 1 saturated heterocycles. The van der Waals surface area contributed by atoms with Crippen LogP contribution < -0.4 is 10.5 Å². The van der Waals surface area contributed by atoms with Gasteiger partial charge in [-0.05, 0) is 50.0 Å². The first-order valence-electron chi connectivity index (χ1n) is 7.15. The summed E-state index contributed by atoms with van der Waals surface area (Å²) >= 11 is 0. The lowest BCUT2D eigenvalue weighted by molar-refractivity contribution is 0.288. The zero-order valence-electron chi connectivity index (χ0n) is 12.2. The predicted molar refractivity (Wildman–Crippen MR) is 80.8 cm³/mol. The number of hydrogen-bond acceptors (Lipinski definition) is 4. The normalized spacial score (nSPS) is 18.0. The fourth-order valence-corrected chi connectivity index (χ4v) is 3.77. The molecule has 1 aromatic carbocycles. The Labute approximate surface area is 125 Å². The van der Waals surface area contributed by atoms with Crippen molar-refractivity contribution in [2.75, 3.05) is 31.9 Å². The lowest BCUT2D eigenvalue weighted by atomic mass is 10.2. The van der Waals surface area contributed by atoms with E-state index in [1.165, 1.54) is 18.9 Å². The summed E-state index contributed by atoms with van der Waals surface area (Å²) < 4.78 is 40.0. The number of halogens is 1. The maximum absolute atomic E-state index is 13.2. The summed E-state index contributed by atoms with van der Waals surface area (Å²) in [6, 6.07) is 3.33. The van der Waals surface area contributed by atoms with Gasteiger partial charge in [-0.25, -0.2) is 17.5 Å². The molecule has 1 unspecified atom stereocenters. The summed E-state index contributed by atoms with van der Waals surface area (Å²) in [6.45, 7) is 5.36. The van der Waals surface area contributed by atoms with E-state index in [0.717, 1.165) is 31.8 Å². The molecule has 0 radical (unpaired) electrons. The van der Waals surface area contributed by atoms with E-state index in [4.69, 9.17) is 5.73 Å². The van der Waals surface area contributed by atoms with Crippen molar-refractivity contribution >= 4 is 15.7 Å². The van der Waals surface area contributed by atoms with Gasteiger partial charge in [-0.15, -0.1) is 0 Å². The number of nitrogens with zero attached hydrogens (tertiary/aromatic N) is 1. The SMILES string of the molecule is CC(CNS(=O)(=O)c1cc(N)cc(F)c1)CN1CCCC1. The van der Waals surface area contributed by atoms with Crippen molar-refractivity contribution in [3.63, 3.8) is 0 Å². The third kappa shape index (κ3) is 4.66. The largest absolute Gasteiger partial charge is 0.399 e. The Hall–Kier alpha value is -1.18. The molecule has 7 heteroatoms.